The van der Waals surface area contributed by atoms with E-state index in [9.17, 15) is 30.3 Å². The Kier molecular flexibility index (Phi) is 8.88. The molecule has 1 heterocycles. The van der Waals surface area contributed by atoms with Crippen molar-refractivity contribution in [3.63, 3.8) is 0 Å². The van der Waals surface area contributed by atoms with Crippen LogP contribution in [0, 0.1) is 5.92 Å². The molecule has 2 saturated carbocycles. The maximum absolute atomic E-state index is 11.8. The third kappa shape index (κ3) is 5.91. The summed E-state index contributed by atoms with van der Waals surface area (Å²) in [6, 6.07) is 0. The Morgan fingerprint density at radius 2 is 1.63 bits per heavy atom. The van der Waals surface area contributed by atoms with E-state index in [1.807, 2.05) is 0 Å². The van der Waals surface area contributed by atoms with Gasteiger partial charge < -0.3 is 39.7 Å². The average Bonchev–Trinajstić information content (AvgIpc) is 2.74. The number of carbonyl (C=O) groups is 1. The van der Waals surface area contributed by atoms with Crippen molar-refractivity contribution in [3.05, 3.63) is 0 Å². The van der Waals surface area contributed by atoms with Gasteiger partial charge in [-0.25, -0.2) is 4.79 Å². The molecule has 3 aliphatic rings. The van der Waals surface area contributed by atoms with E-state index in [-0.39, 0.29) is 5.92 Å². The van der Waals surface area contributed by atoms with Crippen LogP contribution < -0.4 is 0 Å². The second-order valence-electron chi connectivity index (χ2n) is 8.90. The monoisotopic (exact) mass is 432 g/mol. The van der Waals surface area contributed by atoms with Crippen LogP contribution in [-0.2, 0) is 19.0 Å². The number of aliphatic carboxylic acids is 1. The lowest BCUT2D eigenvalue weighted by Gasteiger charge is -2.44. The summed E-state index contributed by atoms with van der Waals surface area (Å²) in [5, 5.41) is 50.7. The minimum atomic E-state index is -1.45. The molecule has 5 N–H and O–H groups in total. The number of aliphatic hydroxyl groups excluding tert-OH is 4. The van der Waals surface area contributed by atoms with Gasteiger partial charge >= 0.3 is 5.97 Å². The molecule has 0 bridgehead atoms. The number of carboxylic acid groups (broad SMARTS) is 1. The first-order valence-corrected chi connectivity index (χ1v) is 11.2. The maximum atomic E-state index is 11.8. The SMILES string of the molecule is O=C(O)C(CC1CCCCC1)O[C@@H]1[C@@H](O)[C@@H](O[C@H]2CCCC[C@H]2O)O[C@@H](CO)[C@H]1O. The molecule has 1 saturated heterocycles. The van der Waals surface area contributed by atoms with E-state index in [1.165, 1.54) is 0 Å². The zero-order valence-electron chi connectivity index (χ0n) is 17.3. The number of ether oxygens (including phenoxy) is 3. The summed E-state index contributed by atoms with van der Waals surface area (Å²) in [6.07, 6.45) is -0.467. The van der Waals surface area contributed by atoms with Crippen LogP contribution in [0.2, 0.25) is 0 Å². The van der Waals surface area contributed by atoms with Crippen LogP contribution in [0.25, 0.3) is 0 Å². The number of carboxylic acids is 1. The highest BCUT2D eigenvalue weighted by Gasteiger charge is 2.48. The number of hydrogen-bond donors (Lipinski definition) is 5. The smallest absolute Gasteiger partial charge is 0.332 e. The molecule has 9 nitrogen and oxygen atoms in total. The van der Waals surface area contributed by atoms with Gasteiger partial charge in [0.25, 0.3) is 0 Å². The van der Waals surface area contributed by atoms with Gasteiger partial charge in [0, 0.05) is 0 Å². The highest BCUT2D eigenvalue weighted by atomic mass is 16.7. The number of aliphatic hydroxyl groups is 4. The maximum Gasteiger partial charge on any atom is 0.332 e. The van der Waals surface area contributed by atoms with Gasteiger partial charge in [-0.05, 0) is 25.2 Å². The summed E-state index contributed by atoms with van der Waals surface area (Å²) < 4.78 is 17.0. The highest BCUT2D eigenvalue weighted by Crippen LogP contribution is 2.32. The second kappa shape index (κ2) is 11.2. The molecule has 0 radical (unpaired) electrons. The Morgan fingerprint density at radius 1 is 0.967 bits per heavy atom. The van der Waals surface area contributed by atoms with E-state index in [1.54, 1.807) is 0 Å². The predicted octanol–water partition coefficient (Wildman–Crippen LogP) is 0.554. The molecule has 2 aliphatic carbocycles. The van der Waals surface area contributed by atoms with Crippen LogP contribution in [0.4, 0.5) is 0 Å². The lowest BCUT2D eigenvalue weighted by atomic mass is 9.85. The lowest BCUT2D eigenvalue weighted by Crippen LogP contribution is -2.62. The van der Waals surface area contributed by atoms with Crippen molar-refractivity contribution in [1.29, 1.82) is 0 Å². The first-order chi connectivity index (χ1) is 14.4. The first-order valence-electron chi connectivity index (χ1n) is 11.2. The molecule has 1 aliphatic heterocycles. The van der Waals surface area contributed by atoms with Crippen molar-refractivity contribution in [3.8, 4) is 0 Å². The van der Waals surface area contributed by atoms with Gasteiger partial charge in [0.05, 0.1) is 18.8 Å². The third-order valence-electron chi connectivity index (χ3n) is 6.67. The molecule has 174 valence electrons. The van der Waals surface area contributed by atoms with Crippen LogP contribution in [0.3, 0.4) is 0 Å². The minimum Gasteiger partial charge on any atom is -0.479 e. The Bertz CT molecular complexity index is 539. The summed E-state index contributed by atoms with van der Waals surface area (Å²) >= 11 is 0. The molecule has 9 heteroatoms. The van der Waals surface area contributed by atoms with Gasteiger partial charge in [0.15, 0.2) is 12.4 Å². The Hall–Kier alpha value is -0.810. The number of hydrogen-bond acceptors (Lipinski definition) is 8. The van der Waals surface area contributed by atoms with Crippen molar-refractivity contribution >= 4 is 5.97 Å². The minimum absolute atomic E-state index is 0.229. The van der Waals surface area contributed by atoms with Gasteiger partial charge in [-0.2, -0.15) is 0 Å². The molecule has 3 rings (SSSR count). The zero-order valence-corrected chi connectivity index (χ0v) is 17.3. The van der Waals surface area contributed by atoms with Crippen molar-refractivity contribution < 1.29 is 44.5 Å². The van der Waals surface area contributed by atoms with Crippen LogP contribution in [0.5, 0.6) is 0 Å². The van der Waals surface area contributed by atoms with E-state index in [4.69, 9.17) is 14.2 Å². The second-order valence-corrected chi connectivity index (χ2v) is 8.90. The molecule has 3 fully saturated rings. The van der Waals surface area contributed by atoms with Gasteiger partial charge in [0.1, 0.15) is 24.4 Å². The molecular weight excluding hydrogens is 396 g/mol. The Labute approximate surface area is 176 Å². The molecule has 30 heavy (non-hydrogen) atoms. The van der Waals surface area contributed by atoms with Crippen molar-refractivity contribution in [2.75, 3.05) is 6.61 Å². The van der Waals surface area contributed by atoms with E-state index < -0.39 is 61.6 Å². The summed E-state index contributed by atoms with van der Waals surface area (Å²) in [7, 11) is 0. The summed E-state index contributed by atoms with van der Waals surface area (Å²) in [4.78, 5) is 11.8. The van der Waals surface area contributed by atoms with E-state index in [0.717, 1.165) is 44.9 Å². The molecule has 0 aromatic carbocycles. The van der Waals surface area contributed by atoms with E-state index >= 15 is 0 Å². The van der Waals surface area contributed by atoms with Gasteiger partial charge in [-0.15, -0.1) is 0 Å². The molecule has 0 aromatic heterocycles. The lowest BCUT2D eigenvalue weighted by molar-refractivity contribution is -0.328. The molecule has 1 unspecified atom stereocenters. The normalized spacial score (nSPS) is 39.5. The molecule has 8 atom stereocenters. The fourth-order valence-electron chi connectivity index (χ4n) is 4.86. The molecule has 0 aromatic rings. The first kappa shape index (κ1) is 23.8. The standard InChI is InChI=1S/C21H36O9/c22-11-16-17(24)19(28-15(20(26)27)10-12-6-2-1-3-7-12)18(25)21(30-16)29-14-9-5-4-8-13(14)23/h12-19,21-25H,1-11H2,(H,26,27)/t13-,14+,15?,16+,17-,18-,19+,21+/m1/s1. The zero-order chi connectivity index (χ0) is 21.7. The van der Waals surface area contributed by atoms with Crippen LogP contribution in [-0.4, -0.2) is 87.1 Å². The van der Waals surface area contributed by atoms with Crippen LogP contribution in [0.15, 0.2) is 0 Å². The van der Waals surface area contributed by atoms with Gasteiger partial charge in [-0.3, -0.25) is 0 Å². The van der Waals surface area contributed by atoms with Crippen molar-refractivity contribution in [1.82, 2.24) is 0 Å². The summed E-state index contributed by atoms with van der Waals surface area (Å²) in [5.74, 6) is -0.917. The largest absolute Gasteiger partial charge is 0.479 e. The fraction of sp³-hybridized carbons (Fsp3) is 0.952. The van der Waals surface area contributed by atoms with Crippen LogP contribution in [0.1, 0.15) is 64.2 Å². The van der Waals surface area contributed by atoms with E-state index in [2.05, 4.69) is 0 Å². The number of rotatable bonds is 8. The summed E-state index contributed by atoms with van der Waals surface area (Å²) in [6.45, 7) is -0.540. The van der Waals surface area contributed by atoms with Gasteiger partial charge in [-0.1, -0.05) is 44.9 Å². The van der Waals surface area contributed by atoms with Crippen molar-refractivity contribution in [2.45, 2.75) is 113 Å². The molecular formula is C21H36O9. The summed E-state index contributed by atoms with van der Waals surface area (Å²) in [5.41, 5.74) is 0. The molecule has 0 spiro atoms. The van der Waals surface area contributed by atoms with Crippen LogP contribution >= 0.6 is 0 Å². The van der Waals surface area contributed by atoms with Gasteiger partial charge in [0.2, 0.25) is 0 Å². The quantitative estimate of drug-likeness (QED) is 0.371. The fourth-order valence-corrected chi connectivity index (χ4v) is 4.86. The molecule has 0 amide bonds. The predicted molar refractivity (Wildman–Crippen MR) is 105 cm³/mol. The van der Waals surface area contributed by atoms with E-state index in [0.29, 0.717) is 19.3 Å². The third-order valence-corrected chi connectivity index (χ3v) is 6.67. The highest BCUT2D eigenvalue weighted by molar-refractivity contribution is 5.72. The van der Waals surface area contributed by atoms with Crippen molar-refractivity contribution in [2.24, 2.45) is 5.92 Å². The Morgan fingerprint density at radius 3 is 2.27 bits per heavy atom. The Balaban J connectivity index is 1.68. The topological polar surface area (TPSA) is 146 Å². The average molecular weight is 433 g/mol.